The Labute approximate surface area is 105 Å². The van der Waals surface area contributed by atoms with Crippen LogP contribution < -0.4 is 5.32 Å². The van der Waals surface area contributed by atoms with Gasteiger partial charge in [0.1, 0.15) is 0 Å². The normalized spacial score (nSPS) is 24.4. The van der Waals surface area contributed by atoms with Gasteiger partial charge in [0.15, 0.2) is 0 Å². The highest BCUT2D eigenvalue weighted by Gasteiger charge is 2.21. The topological polar surface area (TPSA) is 58.6 Å². The van der Waals surface area contributed by atoms with Gasteiger partial charge in [0.25, 0.3) is 5.24 Å². The minimum Gasteiger partial charge on any atom is -0.381 e. The molecule has 96 valence electrons. The van der Waals surface area contributed by atoms with Crippen molar-refractivity contribution in [3.05, 3.63) is 0 Å². The number of ether oxygens (including phenoxy) is 1. The third-order valence-electron chi connectivity index (χ3n) is 3.07. The number of carbonyl (C=O) groups is 2. The van der Waals surface area contributed by atoms with E-state index in [2.05, 4.69) is 5.32 Å². The standard InChI is InChI=1S/C11H18N2O3S/c14-10(12-7-9-2-5-16-8-9)1-3-13-4-6-17-11(13)15/h9H,1-8H2,(H,12,14)/t9-/m1/s1. The van der Waals surface area contributed by atoms with Crippen LogP contribution in [0.2, 0.25) is 0 Å². The molecule has 0 aromatic carbocycles. The van der Waals surface area contributed by atoms with Gasteiger partial charge >= 0.3 is 0 Å². The molecule has 2 fully saturated rings. The smallest absolute Gasteiger partial charge is 0.281 e. The number of nitrogens with one attached hydrogen (secondary N) is 1. The Balaban J connectivity index is 1.58. The lowest BCUT2D eigenvalue weighted by atomic mass is 10.1. The van der Waals surface area contributed by atoms with Gasteiger partial charge in [-0.3, -0.25) is 9.59 Å². The van der Waals surface area contributed by atoms with Gasteiger partial charge in [-0.05, 0) is 6.42 Å². The van der Waals surface area contributed by atoms with E-state index in [4.69, 9.17) is 4.74 Å². The Morgan fingerprint density at radius 2 is 2.47 bits per heavy atom. The summed E-state index contributed by atoms with van der Waals surface area (Å²) in [6.45, 7) is 3.56. The molecule has 2 aliphatic rings. The SMILES string of the molecule is O=C(CCN1CCSC1=O)NC[C@H]1CCOC1. The van der Waals surface area contributed by atoms with E-state index in [0.717, 1.165) is 31.9 Å². The van der Waals surface area contributed by atoms with Gasteiger partial charge in [-0.25, -0.2) is 0 Å². The van der Waals surface area contributed by atoms with Crippen molar-refractivity contribution in [3.8, 4) is 0 Å². The van der Waals surface area contributed by atoms with Crippen molar-refractivity contribution in [3.63, 3.8) is 0 Å². The number of thioether (sulfide) groups is 1. The van der Waals surface area contributed by atoms with Gasteiger partial charge in [-0.1, -0.05) is 11.8 Å². The molecule has 5 nitrogen and oxygen atoms in total. The van der Waals surface area contributed by atoms with E-state index >= 15 is 0 Å². The Morgan fingerprint density at radius 1 is 1.59 bits per heavy atom. The summed E-state index contributed by atoms with van der Waals surface area (Å²) in [5.41, 5.74) is 0. The van der Waals surface area contributed by atoms with Crippen LogP contribution in [0, 0.1) is 5.92 Å². The summed E-state index contributed by atoms with van der Waals surface area (Å²) in [6.07, 6.45) is 1.43. The molecule has 2 heterocycles. The monoisotopic (exact) mass is 258 g/mol. The third kappa shape index (κ3) is 3.89. The highest BCUT2D eigenvalue weighted by Crippen LogP contribution is 2.17. The van der Waals surface area contributed by atoms with Crippen LogP contribution in [-0.2, 0) is 9.53 Å². The molecule has 0 radical (unpaired) electrons. The molecule has 1 atom stereocenters. The number of rotatable bonds is 5. The minimum atomic E-state index is 0.0293. The maximum absolute atomic E-state index is 11.6. The Kier molecular flexibility index (Phi) is 4.67. The zero-order valence-electron chi connectivity index (χ0n) is 9.81. The number of amides is 2. The third-order valence-corrected chi connectivity index (χ3v) is 3.96. The van der Waals surface area contributed by atoms with E-state index in [-0.39, 0.29) is 11.1 Å². The number of hydrogen-bond donors (Lipinski definition) is 1. The number of nitrogens with zero attached hydrogens (tertiary/aromatic N) is 1. The molecule has 6 heteroatoms. The molecule has 2 amide bonds. The summed E-state index contributed by atoms with van der Waals surface area (Å²) in [4.78, 5) is 24.6. The molecule has 0 aliphatic carbocycles. The Bertz CT molecular complexity index is 292. The van der Waals surface area contributed by atoms with E-state index in [1.54, 1.807) is 4.90 Å². The molecule has 0 aromatic heterocycles. The molecule has 0 aromatic rings. The second kappa shape index (κ2) is 6.26. The average Bonchev–Trinajstić information content (AvgIpc) is 2.95. The van der Waals surface area contributed by atoms with E-state index in [1.807, 2.05) is 0 Å². The lowest BCUT2D eigenvalue weighted by Crippen LogP contribution is -2.33. The summed E-state index contributed by atoms with van der Waals surface area (Å²) in [5.74, 6) is 1.34. The first-order valence-corrected chi connectivity index (χ1v) is 7.00. The van der Waals surface area contributed by atoms with Crippen LogP contribution in [0.1, 0.15) is 12.8 Å². The summed E-state index contributed by atoms with van der Waals surface area (Å²) in [5, 5.41) is 3.00. The van der Waals surface area contributed by atoms with Crippen LogP contribution in [0.5, 0.6) is 0 Å². The molecule has 0 spiro atoms. The summed E-state index contributed by atoms with van der Waals surface area (Å²) < 4.78 is 5.24. The van der Waals surface area contributed by atoms with Crippen molar-refractivity contribution in [2.24, 2.45) is 5.92 Å². The fourth-order valence-electron chi connectivity index (χ4n) is 1.96. The fourth-order valence-corrected chi connectivity index (χ4v) is 2.81. The van der Waals surface area contributed by atoms with E-state index in [9.17, 15) is 9.59 Å². The maximum atomic E-state index is 11.6. The second-order valence-corrected chi connectivity index (χ2v) is 5.43. The number of carbonyl (C=O) groups excluding carboxylic acids is 2. The van der Waals surface area contributed by atoms with E-state index in [1.165, 1.54) is 11.8 Å². The first kappa shape index (κ1) is 12.7. The van der Waals surface area contributed by atoms with E-state index < -0.39 is 0 Å². The lowest BCUT2D eigenvalue weighted by molar-refractivity contribution is -0.121. The molecule has 2 aliphatic heterocycles. The van der Waals surface area contributed by atoms with Crippen molar-refractivity contribution in [1.29, 1.82) is 0 Å². The Morgan fingerprint density at radius 3 is 3.12 bits per heavy atom. The molecule has 2 saturated heterocycles. The van der Waals surface area contributed by atoms with Crippen LogP contribution in [0.25, 0.3) is 0 Å². The molecule has 1 N–H and O–H groups in total. The molecule has 2 rings (SSSR count). The second-order valence-electron chi connectivity index (χ2n) is 4.39. The lowest BCUT2D eigenvalue weighted by Gasteiger charge is -2.14. The molecule has 17 heavy (non-hydrogen) atoms. The summed E-state index contributed by atoms with van der Waals surface area (Å²) >= 11 is 1.33. The van der Waals surface area contributed by atoms with Gasteiger partial charge in [-0.2, -0.15) is 0 Å². The largest absolute Gasteiger partial charge is 0.381 e. The van der Waals surface area contributed by atoms with Crippen LogP contribution in [0.15, 0.2) is 0 Å². The van der Waals surface area contributed by atoms with Crippen LogP contribution >= 0.6 is 11.8 Å². The zero-order chi connectivity index (χ0) is 12.1. The van der Waals surface area contributed by atoms with Gasteiger partial charge in [0.05, 0.1) is 6.61 Å². The average molecular weight is 258 g/mol. The molecule has 0 unspecified atom stereocenters. The summed E-state index contributed by atoms with van der Waals surface area (Å²) in [7, 11) is 0. The van der Waals surface area contributed by atoms with Crippen LogP contribution in [-0.4, -0.2) is 54.6 Å². The fraction of sp³-hybridized carbons (Fsp3) is 0.818. The van der Waals surface area contributed by atoms with Gasteiger partial charge in [0, 0.05) is 44.3 Å². The van der Waals surface area contributed by atoms with Gasteiger partial charge < -0.3 is 15.0 Å². The maximum Gasteiger partial charge on any atom is 0.281 e. The first-order chi connectivity index (χ1) is 8.25. The minimum absolute atomic E-state index is 0.0293. The first-order valence-electron chi connectivity index (χ1n) is 6.02. The highest BCUT2D eigenvalue weighted by molar-refractivity contribution is 8.13. The van der Waals surface area contributed by atoms with Crippen molar-refractivity contribution in [2.45, 2.75) is 12.8 Å². The number of hydrogen-bond acceptors (Lipinski definition) is 4. The predicted octanol–water partition coefficient (Wildman–Crippen LogP) is 0.698. The van der Waals surface area contributed by atoms with Gasteiger partial charge in [0.2, 0.25) is 5.91 Å². The summed E-state index contributed by atoms with van der Waals surface area (Å²) in [6, 6.07) is 0. The quantitative estimate of drug-likeness (QED) is 0.788. The van der Waals surface area contributed by atoms with E-state index in [0.29, 0.717) is 25.4 Å². The predicted molar refractivity (Wildman–Crippen MR) is 66.0 cm³/mol. The highest BCUT2D eigenvalue weighted by atomic mass is 32.2. The van der Waals surface area contributed by atoms with Crippen molar-refractivity contribution < 1.29 is 14.3 Å². The molecular weight excluding hydrogens is 240 g/mol. The molecular formula is C11H18N2O3S. The van der Waals surface area contributed by atoms with Crippen LogP contribution in [0.3, 0.4) is 0 Å². The zero-order valence-corrected chi connectivity index (χ0v) is 10.6. The Hall–Kier alpha value is -0.750. The van der Waals surface area contributed by atoms with Crippen molar-refractivity contribution >= 4 is 22.9 Å². The molecule has 0 bridgehead atoms. The van der Waals surface area contributed by atoms with Crippen molar-refractivity contribution in [2.75, 3.05) is 38.6 Å². The van der Waals surface area contributed by atoms with Gasteiger partial charge in [-0.15, -0.1) is 0 Å². The molecule has 0 saturated carbocycles. The van der Waals surface area contributed by atoms with Crippen molar-refractivity contribution in [1.82, 2.24) is 10.2 Å². The van der Waals surface area contributed by atoms with Crippen LogP contribution in [0.4, 0.5) is 4.79 Å².